The molecule has 0 amide bonds. The van der Waals surface area contributed by atoms with Crippen molar-refractivity contribution in [3.63, 3.8) is 0 Å². The Bertz CT molecular complexity index is 698. The number of aromatic amines is 1. The van der Waals surface area contributed by atoms with Crippen LogP contribution in [0.5, 0.6) is 0 Å². The normalized spacial score (nSPS) is 10.7. The molecule has 0 radical (unpaired) electrons. The number of rotatable bonds is 4. The maximum atomic E-state index is 4.16. The minimum Gasteiger partial charge on any atom is -0.381 e. The van der Waals surface area contributed by atoms with Crippen molar-refractivity contribution < 1.29 is 0 Å². The lowest BCUT2D eigenvalue weighted by molar-refractivity contribution is 1.10. The lowest BCUT2D eigenvalue weighted by Gasteiger charge is -2.08. The van der Waals surface area contributed by atoms with Crippen LogP contribution in [0.25, 0.3) is 10.6 Å². The van der Waals surface area contributed by atoms with Gasteiger partial charge in [-0.15, -0.1) is 11.3 Å². The van der Waals surface area contributed by atoms with Crippen molar-refractivity contribution in [1.82, 2.24) is 10.2 Å². The number of nitrogens with one attached hydrogen (secondary N) is 2. The Balaban J connectivity index is 1.76. The molecule has 102 valence electrons. The smallest absolute Gasteiger partial charge is 0.0799 e. The molecule has 3 rings (SSSR count). The van der Waals surface area contributed by atoms with Crippen LogP contribution in [0.4, 0.5) is 5.69 Å². The quantitative estimate of drug-likeness (QED) is 0.746. The minimum absolute atomic E-state index is 0.770. The number of H-pyrrole nitrogens is 1. The average molecular weight is 283 g/mol. The van der Waals surface area contributed by atoms with Gasteiger partial charge in [0.15, 0.2) is 0 Å². The molecule has 0 unspecified atom stereocenters. The summed E-state index contributed by atoms with van der Waals surface area (Å²) in [6.07, 6.45) is 1.89. The maximum absolute atomic E-state index is 4.16. The van der Waals surface area contributed by atoms with Crippen molar-refractivity contribution in [2.75, 3.05) is 5.32 Å². The molecule has 3 nitrogen and oxygen atoms in total. The summed E-state index contributed by atoms with van der Waals surface area (Å²) in [5.41, 5.74) is 6.06. The van der Waals surface area contributed by atoms with E-state index in [2.05, 4.69) is 65.1 Å². The zero-order valence-corrected chi connectivity index (χ0v) is 12.4. The predicted molar refractivity (Wildman–Crippen MR) is 85.1 cm³/mol. The molecular weight excluding hydrogens is 266 g/mol. The zero-order chi connectivity index (χ0) is 13.9. The molecule has 3 aromatic rings. The topological polar surface area (TPSA) is 40.7 Å². The van der Waals surface area contributed by atoms with Gasteiger partial charge in [-0.05, 0) is 48.6 Å². The molecule has 2 aromatic heterocycles. The van der Waals surface area contributed by atoms with Crippen molar-refractivity contribution in [2.45, 2.75) is 20.4 Å². The molecule has 0 fully saturated rings. The Morgan fingerprint density at radius 1 is 1.20 bits per heavy atom. The second-order valence-corrected chi connectivity index (χ2v) is 5.85. The van der Waals surface area contributed by atoms with Crippen LogP contribution in [-0.4, -0.2) is 10.2 Å². The first-order valence-electron chi connectivity index (χ1n) is 6.61. The van der Waals surface area contributed by atoms with Gasteiger partial charge in [0.25, 0.3) is 0 Å². The number of anilines is 1. The van der Waals surface area contributed by atoms with Gasteiger partial charge >= 0.3 is 0 Å². The zero-order valence-electron chi connectivity index (χ0n) is 11.6. The highest BCUT2D eigenvalue weighted by atomic mass is 32.1. The summed E-state index contributed by atoms with van der Waals surface area (Å²) in [4.78, 5) is 1.22. The van der Waals surface area contributed by atoms with E-state index in [0.717, 1.165) is 17.9 Å². The predicted octanol–water partition coefficient (Wildman–Crippen LogP) is 4.37. The van der Waals surface area contributed by atoms with Crippen LogP contribution < -0.4 is 5.32 Å². The van der Waals surface area contributed by atoms with Crippen LogP contribution in [0.1, 0.15) is 16.7 Å². The van der Waals surface area contributed by atoms with E-state index >= 15 is 0 Å². The number of hydrogen-bond acceptors (Lipinski definition) is 3. The Morgan fingerprint density at radius 3 is 2.85 bits per heavy atom. The Labute approximate surface area is 122 Å². The number of thiophene rings is 1. The highest BCUT2D eigenvalue weighted by Gasteiger charge is 2.08. The molecule has 0 saturated heterocycles. The highest BCUT2D eigenvalue weighted by molar-refractivity contribution is 7.13. The van der Waals surface area contributed by atoms with Crippen LogP contribution in [0.3, 0.4) is 0 Å². The van der Waals surface area contributed by atoms with E-state index in [1.54, 1.807) is 11.3 Å². The van der Waals surface area contributed by atoms with Crippen LogP contribution in [0.2, 0.25) is 0 Å². The van der Waals surface area contributed by atoms with Crippen molar-refractivity contribution in [1.29, 1.82) is 0 Å². The summed E-state index contributed by atoms with van der Waals surface area (Å²) in [5, 5.41) is 12.8. The van der Waals surface area contributed by atoms with Crippen LogP contribution >= 0.6 is 11.3 Å². The molecule has 1 aromatic carbocycles. The molecule has 0 aliphatic heterocycles. The van der Waals surface area contributed by atoms with Crippen molar-refractivity contribution in [3.05, 3.63) is 58.6 Å². The van der Waals surface area contributed by atoms with Crippen LogP contribution in [0.15, 0.2) is 41.9 Å². The van der Waals surface area contributed by atoms with Crippen molar-refractivity contribution in [2.24, 2.45) is 0 Å². The molecule has 20 heavy (non-hydrogen) atoms. The van der Waals surface area contributed by atoms with Gasteiger partial charge in [0.2, 0.25) is 0 Å². The fourth-order valence-corrected chi connectivity index (χ4v) is 2.88. The van der Waals surface area contributed by atoms with Gasteiger partial charge < -0.3 is 5.32 Å². The molecular formula is C16H17N3S. The molecule has 0 aliphatic carbocycles. The molecule has 0 bridgehead atoms. The fraction of sp³-hybridized carbons (Fsp3) is 0.188. The van der Waals surface area contributed by atoms with E-state index in [-0.39, 0.29) is 0 Å². The number of hydrogen-bond donors (Lipinski definition) is 2. The van der Waals surface area contributed by atoms with E-state index in [9.17, 15) is 0 Å². The van der Waals surface area contributed by atoms with Crippen molar-refractivity contribution >= 4 is 17.0 Å². The SMILES string of the molecule is Cc1ccc(NCc2cn[nH]c2-c2cccs2)cc1C. The second-order valence-electron chi connectivity index (χ2n) is 4.90. The number of benzene rings is 1. The average Bonchev–Trinajstić information content (AvgIpc) is 3.09. The van der Waals surface area contributed by atoms with E-state index in [4.69, 9.17) is 0 Å². The Morgan fingerprint density at radius 2 is 2.10 bits per heavy atom. The molecule has 0 spiro atoms. The number of aryl methyl sites for hydroxylation is 2. The van der Waals surface area contributed by atoms with E-state index in [1.165, 1.54) is 21.6 Å². The summed E-state index contributed by atoms with van der Waals surface area (Å²) < 4.78 is 0. The lowest BCUT2D eigenvalue weighted by atomic mass is 10.1. The van der Waals surface area contributed by atoms with Gasteiger partial charge in [-0.2, -0.15) is 5.10 Å². The van der Waals surface area contributed by atoms with Gasteiger partial charge in [-0.25, -0.2) is 0 Å². The number of aromatic nitrogens is 2. The largest absolute Gasteiger partial charge is 0.381 e. The molecule has 0 aliphatic rings. The standard InChI is InChI=1S/C16H17N3S/c1-11-5-6-14(8-12(11)2)17-9-13-10-18-19-16(13)15-4-3-7-20-15/h3-8,10,17H,9H2,1-2H3,(H,18,19). The molecule has 2 N–H and O–H groups in total. The van der Waals surface area contributed by atoms with Gasteiger partial charge in [-0.1, -0.05) is 12.1 Å². The fourth-order valence-electron chi connectivity index (χ4n) is 2.13. The molecule has 2 heterocycles. The first kappa shape index (κ1) is 12.9. The van der Waals surface area contributed by atoms with Crippen LogP contribution in [-0.2, 0) is 6.54 Å². The third kappa shape index (κ3) is 2.60. The third-order valence-corrected chi connectivity index (χ3v) is 4.36. The summed E-state index contributed by atoms with van der Waals surface area (Å²) in [6.45, 7) is 5.03. The van der Waals surface area contributed by atoms with E-state index in [0.29, 0.717) is 0 Å². The summed E-state index contributed by atoms with van der Waals surface area (Å²) in [7, 11) is 0. The maximum Gasteiger partial charge on any atom is 0.0799 e. The monoisotopic (exact) mass is 283 g/mol. The lowest BCUT2D eigenvalue weighted by Crippen LogP contribution is -2.00. The first-order valence-corrected chi connectivity index (χ1v) is 7.49. The first-order chi connectivity index (χ1) is 9.74. The Kier molecular flexibility index (Phi) is 3.56. The molecule has 4 heteroatoms. The van der Waals surface area contributed by atoms with E-state index < -0.39 is 0 Å². The number of nitrogens with zero attached hydrogens (tertiary/aromatic N) is 1. The summed E-state index contributed by atoms with van der Waals surface area (Å²) >= 11 is 1.72. The van der Waals surface area contributed by atoms with E-state index in [1.807, 2.05) is 6.20 Å². The molecule has 0 saturated carbocycles. The van der Waals surface area contributed by atoms with Gasteiger partial charge in [0.05, 0.1) is 16.8 Å². The van der Waals surface area contributed by atoms with Gasteiger partial charge in [0, 0.05) is 17.8 Å². The van der Waals surface area contributed by atoms with Gasteiger partial charge in [-0.3, -0.25) is 5.10 Å². The highest BCUT2D eigenvalue weighted by Crippen LogP contribution is 2.26. The summed E-state index contributed by atoms with van der Waals surface area (Å²) in [6, 6.07) is 10.6. The Hall–Kier alpha value is -2.07. The third-order valence-electron chi connectivity index (χ3n) is 3.48. The minimum atomic E-state index is 0.770. The second kappa shape index (κ2) is 5.51. The summed E-state index contributed by atoms with van der Waals surface area (Å²) in [5.74, 6) is 0. The van der Waals surface area contributed by atoms with Gasteiger partial charge in [0.1, 0.15) is 0 Å². The van der Waals surface area contributed by atoms with Crippen LogP contribution in [0, 0.1) is 13.8 Å². The molecule has 0 atom stereocenters. The van der Waals surface area contributed by atoms with Crippen molar-refractivity contribution in [3.8, 4) is 10.6 Å².